The molecule has 8 heteroatoms. The number of hydrogen-bond donors (Lipinski definition) is 1. The van der Waals surface area contributed by atoms with Gasteiger partial charge in [0.1, 0.15) is 0 Å². The fourth-order valence-corrected chi connectivity index (χ4v) is 4.22. The average Bonchev–Trinajstić information content (AvgIpc) is 2.95. The highest BCUT2D eigenvalue weighted by Crippen LogP contribution is 2.33. The minimum Gasteiger partial charge on any atom is -0.490 e. The summed E-state index contributed by atoms with van der Waals surface area (Å²) in [5.74, 6) is 1.20. The number of rotatable bonds is 4. The molecular weight excluding hydrogens is 368 g/mol. The lowest BCUT2D eigenvalue weighted by molar-refractivity contribution is -0.117. The van der Waals surface area contributed by atoms with Gasteiger partial charge in [-0.3, -0.25) is 9.52 Å². The zero-order chi connectivity index (χ0) is 18.9. The SMILES string of the molecule is O=C1CCCN1c1ccc(S(=O)(=O)Nc2ccc3c(c2)OCCCO3)cc1. The number of fused-ring (bicyclic) bond motifs is 1. The second-order valence-corrected chi connectivity index (χ2v) is 8.14. The summed E-state index contributed by atoms with van der Waals surface area (Å²) in [5.41, 5.74) is 1.12. The average molecular weight is 388 g/mol. The van der Waals surface area contributed by atoms with Crippen LogP contribution in [0.4, 0.5) is 11.4 Å². The Kier molecular flexibility index (Phi) is 4.65. The number of carbonyl (C=O) groups excluding carboxylic acids is 1. The first kappa shape index (κ1) is 17.7. The number of nitrogens with one attached hydrogen (secondary N) is 1. The first-order valence-electron chi connectivity index (χ1n) is 8.86. The van der Waals surface area contributed by atoms with Gasteiger partial charge in [0.15, 0.2) is 11.5 Å². The summed E-state index contributed by atoms with van der Waals surface area (Å²) >= 11 is 0. The van der Waals surface area contributed by atoms with Crippen LogP contribution < -0.4 is 19.1 Å². The van der Waals surface area contributed by atoms with Crippen molar-refractivity contribution in [1.29, 1.82) is 0 Å². The molecule has 142 valence electrons. The quantitative estimate of drug-likeness (QED) is 0.871. The molecule has 27 heavy (non-hydrogen) atoms. The molecule has 2 aromatic rings. The maximum absolute atomic E-state index is 12.7. The molecule has 0 aliphatic carbocycles. The summed E-state index contributed by atoms with van der Waals surface area (Å²) in [7, 11) is -3.75. The Hall–Kier alpha value is -2.74. The lowest BCUT2D eigenvalue weighted by Gasteiger charge is -2.16. The van der Waals surface area contributed by atoms with E-state index in [-0.39, 0.29) is 10.8 Å². The number of hydrogen-bond acceptors (Lipinski definition) is 5. The number of benzene rings is 2. The fraction of sp³-hybridized carbons (Fsp3) is 0.316. The van der Waals surface area contributed by atoms with E-state index in [1.807, 2.05) is 0 Å². The van der Waals surface area contributed by atoms with E-state index in [0.29, 0.717) is 49.1 Å². The first-order valence-corrected chi connectivity index (χ1v) is 10.3. The molecule has 1 fully saturated rings. The highest BCUT2D eigenvalue weighted by Gasteiger charge is 2.22. The second-order valence-electron chi connectivity index (χ2n) is 6.46. The van der Waals surface area contributed by atoms with E-state index in [1.165, 1.54) is 12.1 Å². The van der Waals surface area contributed by atoms with Crippen LogP contribution in [0.5, 0.6) is 11.5 Å². The van der Waals surface area contributed by atoms with Crippen LogP contribution in [0.15, 0.2) is 47.4 Å². The van der Waals surface area contributed by atoms with Gasteiger partial charge in [-0.15, -0.1) is 0 Å². The Morgan fingerprint density at radius 2 is 1.67 bits per heavy atom. The predicted octanol–water partition coefficient (Wildman–Crippen LogP) is 2.78. The molecule has 2 aliphatic heterocycles. The van der Waals surface area contributed by atoms with E-state index in [2.05, 4.69) is 4.72 Å². The van der Waals surface area contributed by atoms with Crippen LogP contribution in [0.3, 0.4) is 0 Å². The van der Waals surface area contributed by atoms with Gasteiger partial charge < -0.3 is 14.4 Å². The smallest absolute Gasteiger partial charge is 0.261 e. The molecule has 0 saturated carbocycles. The van der Waals surface area contributed by atoms with Gasteiger partial charge in [0.25, 0.3) is 10.0 Å². The normalized spacial score (nSPS) is 16.9. The monoisotopic (exact) mass is 388 g/mol. The summed E-state index contributed by atoms with van der Waals surface area (Å²) in [4.78, 5) is 13.6. The van der Waals surface area contributed by atoms with Gasteiger partial charge in [-0.25, -0.2) is 8.42 Å². The third-order valence-electron chi connectivity index (χ3n) is 4.53. The van der Waals surface area contributed by atoms with Crippen molar-refractivity contribution < 1.29 is 22.7 Å². The van der Waals surface area contributed by atoms with Crippen molar-refractivity contribution >= 4 is 27.3 Å². The van der Waals surface area contributed by atoms with Crippen molar-refractivity contribution in [2.45, 2.75) is 24.2 Å². The van der Waals surface area contributed by atoms with E-state index >= 15 is 0 Å². The summed E-state index contributed by atoms with van der Waals surface area (Å²) in [5, 5.41) is 0. The fourth-order valence-electron chi connectivity index (χ4n) is 3.17. The number of anilines is 2. The Balaban J connectivity index is 1.53. The van der Waals surface area contributed by atoms with Gasteiger partial charge in [0.2, 0.25) is 5.91 Å². The highest BCUT2D eigenvalue weighted by atomic mass is 32.2. The zero-order valence-corrected chi connectivity index (χ0v) is 15.5. The first-order chi connectivity index (χ1) is 13.0. The van der Waals surface area contributed by atoms with Crippen LogP contribution in [-0.4, -0.2) is 34.1 Å². The molecule has 0 atom stereocenters. The minimum atomic E-state index is -3.75. The topological polar surface area (TPSA) is 84.9 Å². The molecule has 2 aromatic carbocycles. The van der Waals surface area contributed by atoms with E-state index in [9.17, 15) is 13.2 Å². The van der Waals surface area contributed by atoms with E-state index < -0.39 is 10.0 Å². The third-order valence-corrected chi connectivity index (χ3v) is 5.93. The molecule has 0 aromatic heterocycles. The highest BCUT2D eigenvalue weighted by molar-refractivity contribution is 7.92. The van der Waals surface area contributed by atoms with Crippen LogP contribution >= 0.6 is 0 Å². The van der Waals surface area contributed by atoms with Crippen LogP contribution in [0.2, 0.25) is 0 Å². The molecule has 4 rings (SSSR count). The van der Waals surface area contributed by atoms with Crippen molar-refractivity contribution in [2.75, 3.05) is 29.4 Å². The van der Waals surface area contributed by atoms with Crippen LogP contribution in [0.1, 0.15) is 19.3 Å². The zero-order valence-electron chi connectivity index (χ0n) is 14.7. The number of sulfonamides is 1. The summed E-state index contributed by atoms with van der Waals surface area (Å²) in [6.45, 7) is 1.77. The van der Waals surface area contributed by atoms with E-state index in [4.69, 9.17) is 9.47 Å². The molecular formula is C19H20N2O5S. The third kappa shape index (κ3) is 3.71. The van der Waals surface area contributed by atoms with E-state index in [0.717, 1.165) is 12.8 Å². The number of amides is 1. The summed E-state index contributed by atoms with van der Waals surface area (Å²) in [6.07, 6.45) is 2.14. The number of ether oxygens (including phenoxy) is 2. The molecule has 0 spiro atoms. The molecule has 0 unspecified atom stereocenters. The van der Waals surface area contributed by atoms with Gasteiger partial charge in [0.05, 0.1) is 23.8 Å². The lowest BCUT2D eigenvalue weighted by Crippen LogP contribution is -2.23. The van der Waals surface area contributed by atoms with Gasteiger partial charge in [0, 0.05) is 31.1 Å². The van der Waals surface area contributed by atoms with Crippen molar-refractivity contribution in [3.63, 3.8) is 0 Å². The molecule has 2 aliphatic rings. The summed E-state index contributed by atoms with van der Waals surface area (Å²) in [6, 6.07) is 11.3. The molecule has 1 N–H and O–H groups in total. The van der Waals surface area contributed by atoms with Crippen LogP contribution in [0, 0.1) is 0 Å². The van der Waals surface area contributed by atoms with Gasteiger partial charge in [-0.05, 0) is 42.8 Å². The Labute approximate surface area is 157 Å². The predicted molar refractivity (Wildman–Crippen MR) is 101 cm³/mol. The largest absolute Gasteiger partial charge is 0.490 e. The Morgan fingerprint density at radius 1 is 0.926 bits per heavy atom. The number of carbonyl (C=O) groups is 1. The van der Waals surface area contributed by atoms with Crippen LogP contribution in [-0.2, 0) is 14.8 Å². The maximum Gasteiger partial charge on any atom is 0.261 e. The summed E-state index contributed by atoms with van der Waals surface area (Å²) < 4.78 is 39.0. The lowest BCUT2D eigenvalue weighted by atomic mass is 10.3. The van der Waals surface area contributed by atoms with Gasteiger partial charge in [-0.2, -0.15) is 0 Å². The van der Waals surface area contributed by atoms with Crippen molar-refractivity contribution in [3.8, 4) is 11.5 Å². The maximum atomic E-state index is 12.7. The standard InChI is InChI=1S/C19H20N2O5S/c22-19-3-1-10-21(19)15-5-7-16(8-6-15)27(23,24)20-14-4-9-17-18(13-14)26-12-2-11-25-17/h4-9,13,20H,1-3,10-12H2. The number of nitrogens with zero attached hydrogens (tertiary/aromatic N) is 1. The Morgan fingerprint density at radius 3 is 2.37 bits per heavy atom. The molecule has 0 bridgehead atoms. The molecule has 1 saturated heterocycles. The minimum absolute atomic E-state index is 0.0657. The molecule has 7 nitrogen and oxygen atoms in total. The van der Waals surface area contributed by atoms with Gasteiger partial charge >= 0.3 is 0 Å². The van der Waals surface area contributed by atoms with Crippen molar-refractivity contribution in [1.82, 2.24) is 0 Å². The Bertz CT molecular complexity index is 957. The van der Waals surface area contributed by atoms with Crippen LogP contribution in [0.25, 0.3) is 0 Å². The van der Waals surface area contributed by atoms with Gasteiger partial charge in [-0.1, -0.05) is 0 Å². The molecule has 0 radical (unpaired) electrons. The van der Waals surface area contributed by atoms with E-state index in [1.54, 1.807) is 35.2 Å². The second kappa shape index (κ2) is 7.11. The molecule has 2 heterocycles. The van der Waals surface area contributed by atoms with Crippen molar-refractivity contribution in [3.05, 3.63) is 42.5 Å². The molecule has 1 amide bonds. The van der Waals surface area contributed by atoms with Crippen molar-refractivity contribution in [2.24, 2.45) is 0 Å².